The molecular formula is C5H12N2. The molecule has 0 atom stereocenters. The van der Waals surface area contributed by atoms with E-state index < -0.39 is 0 Å². The summed E-state index contributed by atoms with van der Waals surface area (Å²) in [7, 11) is 0. The topological polar surface area (TPSA) is 48.0 Å². The zero-order chi connectivity index (χ0) is 5.54. The van der Waals surface area contributed by atoms with Crippen LogP contribution in [0.4, 0.5) is 0 Å². The predicted octanol–water partition coefficient (Wildman–Crippen LogP) is -0.279. The second-order valence-corrected chi connectivity index (χ2v) is 1.27. The van der Waals surface area contributed by atoms with Gasteiger partial charge in [-0.25, -0.2) is 0 Å². The Morgan fingerprint density at radius 1 is 1.71 bits per heavy atom. The van der Waals surface area contributed by atoms with Gasteiger partial charge in [0.05, 0.1) is 0 Å². The molecule has 1 aliphatic heterocycles. The van der Waals surface area contributed by atoms with E-state index in [2.05, 4.69) is 11.9 Å². The van der Waals surface area contributed by atoms with E-state index in [0.717, 1.165) is 0 Å². The maximum Gasteiger partial charge on any atom is 0.0104 e. The molecule has 7 heavy (non-hydrogen) atoms. The maximum atomic E-state index is 4.91. The van der Waals surface area contributed by atoms with Crippen LogP contribution in [0.1, 0.15) is 0 Å². The highest BCUT2D eigenvalue weighted by Crippen LogP contribution is 1.65. The number of rotatable bonds is 1. The van der Waals surface area contributed by atoms with E-state index in [0.29, 0.717) is 6.54 Å². The van der Waals surface area contributed by atoms with Crippen LogP contribution in [0, 0.1) is 0 Å². The number of hydrogen-bond donors (Lipinski definition) is 2. The Balaban J connectivity index is 0.000000105. The SMILES string of the molecule is C1CN1.C=CCN. The van der Waals surface area contributed by atoms with Gasteiger partial charge in [0.25, 0.3) is 0 Å². The molecular weight excluding hydrogens is 88.1 g/mol. The van der Waals surface area contributed by atoms with E-state index in [1.165, 1.54) is 13.1 Å². The average molecular weight is 100 g/mol. The predicted molar refractivity (Wildman–Crippen MR) is 32.1 cm³/mol. The third kappa shape index (κ3) is 27.5. The highest BCUT2D eigenvalue weighted by Gasteiger charge is 1.91. The smallest absolute Gasteiger partial charge is 0.0104 e. The third-order valence-corrected chi connectivity index (χ3v) is 0.417. The Labute approximate surface area is 44.4 Å². The zero-order valence-electron chi connectivity index (χ0n) is 4.48. The third-order valence-electron chi connectivity index (χ3n) is 0.417. The molecule has 0 radical (unpaired) electrons. The van der Waals surface area contributed by atoms with E-state index >= 15 is 0 Å². The van der Waals surface area contributed by atoms with E-state index in [1.807, 2.05) is 0 Å². The molecule has 3 N–H and O–H groups in total. The van der Waals surface area contributed by atoms with Gasteiger partial charge < -0.3 is 11.1 Å². The molecule has 2 heteroatoms. The first kappa shape index (κ1) is 6.66. The monoisotopic (exact) mass is 100 g/mol. The first-order valence-electron chi connectivity index (χ1n) is 2.43. The second kappa shape index (κ2) is 5.66. The van der Waals surface area contributed by atoms with Crippen molar-refractivity contribution in [1.29, 1.82) is 0 Å². The molecule has 0 spiro atoms. The molecule has 0 aromatic rings. The van der Waals surface area contributed by atoms with Crippen LogP contribution in [0.15, 0.2) is 12.7 Å². The van der Waals surface area contributed by atoms with Gasteiger partial charge in [-0.3, -0.25) is 0 Å². The molecule has 0 unspecified atom stereocenters. The summed E-state index contributed by atoms with van der Waals surface area (Å²) in [6.45, 7) is 6.44. The molecule has 1 aliphatic rings. The molecule has 0 amide bonds. The summed E-state index contributed by atoms with van der Waals surface area (Å²) in [6.07, 6.45) is 1.65. The van der Waals surface area contributed by atoms with Crippen LogP contribution in [0.3, 0.4) is 0 Å². The summed E-state index contributed by atoms with van der Waals surface area (Å²) in [6, 6.07) is 0. The molecule has 1 heterocycles. The lowest BCUT2D eigenvalue weighted by molar-refractivity contribution is 1.26. The molecule has 1 fully saturated rings. The molecule has 2 nitrogen and oxygen atoms in total. The minimum atomic E-state index is 0.583. The van der Waals surface area contributed by atoms with Crippen LogP contribution in [-0.4, -0.2) is 19.6 Å². The number of nitrogens with one attached hydrogen (secondary N) is 1. The van der Waals surface area contributed by atoms with Crippen molar-refractivity contribution in [2.75, 3.05) is 19.6 Å². The molecule has 1 saturated heterocycles. The van der Waals surface area contributed by atoms with E-state index in [1.54, 1.807) is 6.08 Å². The molecule has 1 rings (SSSR count). The summed E-state index contributed by atoms with van der Waals surface area (Å²) in [5.41, 5.74) is 4.91. The van der Waals surface area contributed by atoms with Crippen LogP contribution in [0.5, 0.6) is 0 Å². The van der Waals surface area contributed by atoms with Crippen molar-refractivity contribution < 1.29 is 0 Å². The van der Waals surface area contributed by atoms with Crippen molar-refractivity contribution in [3.05, 3.63) is 12.7 Å². The Hall–Kier alpha value is -0.340. The van der Waals surface area contributed by atoms with Crippen molar-refractivity contribution in [3.63, 3.8) is 0 Å². The summed E-state index contributed by atoms with van der Waals surface area (Å²) in [4.78, 5) is 0. The van der Waals surface area contributed by atoms with Crippen molar-refractivity contribution in [1.82, 2.24) is 5.32 Å². The highest BCUT2D eigenvalue weighted by atomic mass is 15.0. The van der Waals surface area contributed by atoms with Crippen LogP contribution >= 0.6 is 0 Å². The number of hydrogen-bond acceptors (Lipinski definition) is 2. The van der Waals surface area contributed by atoms with E-state index in [-0.39, 0.29) is 0 Å². The molecule has 0 bridgehead atoms. The van der Waals surface area contributed by atoms with Crippen molar-refractivity contribution >= 4 is 0 Å². The zero-order valence-corrected chi connectivity index (χ0v) is 4.48. The van der Waals surface area contributed by atoms with Crippen LogP contribution in [0.2, 0.25) is 0 Å². The van der Waals surface area contributed by atoms with Gasteiger partial charge in [0, 0.05) is 19.6 Å². The van der Waals surface area contributed by atoms with Gasteiger partial charge in [0.15, 0.2) is 0 Å². The van der Waals surface area contributed by atoms with Crippen molar-refractivity contribution in [2.45, 2.75) is 0 Å². The fourth-order valence-corrected chi connectivity index (χ4v) is 0. The Kier molecular flexibility index (Phi) is 5.39. The summed E-state index contributed by atoms with van der Waals surface area (Å²) in [5, 5.41) is 3.00. The quantitative estimate of drug-likeness (QED) is 0.352. The lowest BCUT2D eigenvalue weighted by Gasteiger charge is -1.61. The first-order chi connectivity index (χ1) is 3.41. The van der Waals surface area contributed by atoms with Gasteiger partial charge in [-0.2, -0.15) is 0 Å². The van der Waals surface area contributed by atoms with Gasteiger partial charge in [-0.15, -0.1) is 6.58 Å². The summed E-state index contributed by atoms with van der Waals surface area (Å²) < 4.78 is 0. The normalized spacial score (nSPS) is 13.9. The van der Waals surface area contributed by atoms with Gasteiger partial charge >= 0.3 is 0 Å². The van der Waals surface area contributed by atoms with Crippen molar-refractivity contribution in [3.8, 4) is 0 Å². The van der Waals surface area contributed by atoms with Crippen LogP contribution in [0.25, 0.3) is 0 Å². The fourth-order valence-electron chi connectivity index (χ4n) is 0. The molecule has 0 aromatic carbocycles. The lowest BCUT2D eigenvalue weighted by atomic mass is 10.7. The first-order valence-corrected chi connectivity index (χ1v) is 2.43. The molecule has 42 valence electrons. The van der Waals surface area contributed by atoms with Gasteiger partial charge in [0.1, 0.15) is 0 Å². The van der Waals surface area contributed by atoms with Gasteiger partial charge in [-0.05, 0) is 0 Å². The average Bonchev–Trinajstić information content (AvgIpc) is 2.47. The van der Waals surface area contributed by atoms with E-state index in [9.17, 15) is 0 Å². The van der Waals surface area contributed by atoms with Gasteiger partial charge in [-0.1, -0.05) is 6.08 Å². The summed E-state index contributed by atoms with van der Waals surface area (Å²) >= 11 is 0. The largest absolute Gasteiger partial charge is 0.327 e. The lowest BCUT2D eigenvalue weighted by Crippen LogP contribution is -1.90. The fraction of sp³-hybridized carbons (Fsp3) is 0.600. The Morgan fingerprint density at radius 3 is 2.00 bits per heavy atom. The van der Waals surface area contributed by atoms with Crippen LogP contribution in [-0.2, 0) is 0 Å². The minimum absolute atomic E-state index is 0.583. The minimum Gasteiger partial charge on any atom is -0.327 e. The molecule has 0 aromatic heterocycles. The standard InChI is InChI=1S/C3H7N.C2H5N/c1-2-3-4;1-2-3-1/h2H,1,3-4H2;3H,1-2H2. The second-order valence-electron chi connectivity index (χ2n) is 1.27. The maximum absolute atomic E-state index is 4.91. The van der Waals surface area contributed by atoms with Crippen LogP contribution < -0.4 is 11.1 Å². The molecule has 0 aliphatic carbocycles. The van der Waals surface area contributed by atoms with Crippen molar-refractivity contribution in [2.24, 2.45) is 5.73 Å². The molecule has 0 saturated carbocycles. The number of nitrogens with two attached hydrogens (primary N) is 1. The van der Waals surface area contributed by atoms with E-state index in [4.69, 9.17) is 5.73 Å². The summed E-state index contributed by atoms with van der Waals surface area (Å²) in [5.74, 6) is 0. The Bertz CT molecular complexity index is 38.6. The highest BCUT2D eigenvalue weighted by molar-refractivity contribution is 4.64. The van der Waals surface area contributed by atoms with Gasteiger partial charge in [0.2, 0.25) is 0 Å². The Morgan fingerprint density at radius 2 is 2.00 bits per heavy atom.